The molecule has 0 saturated carbocycles. The molecule has 1 aromatic rings. The van der Waals surface area contributed by atoms with E-state index in [1.54, 1.807) is 0 Å². The van der Waals surface area contributed by atoms with Crippen LogP contribution in [0.25, 0.3) is 0 Å². The van der Waals surface area contributed by atoms with Gasteiger partial charge in [0.25, 0.3) is 0 Å². The van der Waals surface area contributed by atoms with Crippen LogP contribution in [-0.4, -0.2) is 30.5 Å². The van der Waals surface area contributed by atoms with Gasteiger partial charge >= 0.3 is 6.36 Å². The number of benzene rings is 1. The van der Waals surface area contributed by atoms with Crippen molar-refractivity contribution in [2.24, 2.45) is 0 Å². The fourth-order valence-electron chi connectivity index (χ4n) is 1.19. The van der Waals surface area contributed by atoms with Crippen LogP contribution >= 0.6 is 11.6 Å². The van der Waals surface area contributed by atoms with Gasteiger partial charge in [0.1, 0.15) is 11.6 Å². The first-order chi connectivity index (χ1) is 8.81. The zero-order chi connectivity index (χ0) is 14.5. The van der Waals surface area contributed by atoms with Crippen molar-refractivity contribution in [3.63, 3.8) is 0 Å². The van der Waals surface area contributed by atoms with Crippen molar-refractivity contribution in [1.82, 2.24) is 5.32 Å². The van der Waals surface area contributed by atoms with Crippen LogP contribution in [0.4, 0.5) is 13.2 Å². The first kappa shape index (κ1) is 15.3. The summed E-state index contributed by atoms with van der Waals surface area (Å²) in [6.45, 7) is -0.346. The molecule has 1 aromatic carbocycles. The molecule has 0 unspecified atom stereocenters. The quantitative estimate of drug-likeness (QED) is 0.669. The Balaban J connectivity index is 2.70. The van der Waals surface area contributed by atoms with Crippen LogP contribution in [0.5, 0.6) is 5.75 Å². The number of carbonyl (C=O) groups excluding carboxylic acids is 2. The second kappa shape index (κ2) is 6.42. The van der Waals surface area contributed by atoms with E-state index >= 15 is 0 Å². The summed E-state index contributed by atoms with van der Waals surface area (Å²) >= 11 is 5.21. The Hall–Kier alpha value is -1.76. The number of hydrogen-bond donors (Lipinski definition) is 1. The summed E-state index contributed by atoms with van der Waals surface area (Å²) in [4.78, 5) is 22.4. The summed E-state index contributed by atoms with van der Waals surface area (Å²) in [6.07, 6.45) is -4.82. The molecule has 1 rings (SSSR count). The van der Waals surface area contributed by atoms with Gasteiger partial charge in [0, 0.05) is 5.56 Å². The Morgan fingerprint density at radius 2 is 2.00 bits per heavy atom. The number of ether oxygens (including phenoxy) is 1. The molecular formula is C11H9ClF3NO3. The Morgan fingerprint density at radius 1 is 1.32 bits per heavy atom. The van der Waals surface area contributed by atoms with Gasteiger partial charge in [-0.1, -0.05) is 12.1 Å². The molecular weight excluding hydrogens is 287 g/mol. The van der Waals surface area contributed by atoms with E-state index in [1.165, 1.54) is 12.1 Å². The summed E-state index contributed by atoms with van der Waals surface area (Å²) in [7, 11) is 0. The van der Waals surface area contributed by atoms with Crippen molar-refractivity contribution in [1.29, 1.82) is 0 Å². The van der Waals surface area contributed by atoms with Crippen LogP contribution in [0.3, 0.4) is 0 Å². The van der Waals surface area contributed by atoms with E-state index in [-0.39, 0.29) is 18.0 Å². The number of carbonyl (C=O) groups is 2. The normalized spacial score (nSPS) is 10.9. The van der Waals surface area contributed by atoms with E-state index in [2.05, 4.69) is 10.1 Å². The molecule has 0 radical (unpaired) electrons. The summed E-state index contributed by atoms with van der Waals surface area (Å²) < 4.78 is 39.7. The minimum absolute atomic E-state index is 0.00313. The van der Waals surface area contributed by atoms with E-state index in [9.17, 15) is 22.8 Å². The number of hydrogen-bond acceptors (Lipinski definition) is 3. The molecule has 0 aliphatic heterocycles. The van der Waals surface area contributed by atoms with Gasteiger partial charge in [0.05, 0.1) is 6.54 Å². The molecule has 0 aliphatic rings. The number of alkyl halides is 4. The number of nitrogens with one attached hydrogen (secondary N) is 1. The maximum absolute atomic E-state index is 12.0. The third kappa shape index (κ3) is 5.60. The predicted octanol–water partition coefficient (Wildman–Crippen LogP) is 2.12. The molecule has 19 heavy (non-hydrogen) atoms. The summed E-state index contributed by atoms with van der Waals surface area (Å²) in [6, 6.07) is 4.58. The van der Waals surface area contributed by atoms with Crippen LogP contribution in [-0.2, 0) is 4.79 Å². The highest BCUT2D eigenvalue weighted by Gasteiger charge is 2.31. The third-order valence-corrected chi connectivity index (χ3v) is 2.20. The highest BCUT2D eigenvalue weighted by atomic mass is 35.5. The van der Waals surface area contributed by atoms with Crippen LogP contribution in [0, 0.1) is 0 Å². The number of ketones is 1. The minimum atomic E-state index is -4.82. The zero-order valence-corrected chi connectivity index (χ0v) is 10.2. The van der Waals surface area contributed by atoms with Gasteiger partial charge in [-0.15, -0.1) is 24.8 Å². The smallest absolute Gasteiger partial charge is 0.406 e. The van der Waals surface area contributed by atoms with Crippen LogP contribution in [0.15, 0.2) is 24.3 Å². The highest BCUT2D eigenvalue weighted by Crippen LogP contribution is 2.23. The predicted molar refractivity (Wildman–Crippen MR) is 61.2 cm³/mol. The topological polar surface area (TPSA) is 55.4 Å². The number of amides is 1. The highest BCUT2D eigenvalue weighted by molar-refractivity contribution is 6.27. The maximum atomic E-state index is 12.0. The van der Waals surface area contributed by atoms with Crippen molar-refractivity contribution in [3.8, 4) is 5.75 Å². The zero-order valence-electron chi connectivity index (χ0n) is 9.46. The third-order valence-electron chi connectivity index (χ3n) is 1.96. The lowest BCUT2D eigenvalue weighted by Gasteiger charge is -2.09. The second-order valence-electron chi connectivity index (χ2n) is 3.41. The monoisotopic (exact) mass is 295 g/mol. The van der Waals surface area contributed by atoms with Crippen LogP contribution in [0.1, 0.15) is 10.4 Å². The molecule has 1 N–H and O–H groups in total. The maximum Gasteiger partial charge on any atom is 0.573 e. The van der Waals surface area contributed by atoms with Crippen molar-refractivity contribution in [2.45, 2.75) is 6.36 Å². The summed E-state index contributed by atoms with van der Waals surface area (Å²) in [5, 5.41) is 2.21. The van der Waals surface area contributed by atoms with Gasteiger partial charge in [-0.05, 0) is 12.1 Å². The fourth-order valence-corrected chi connectivity index (χ4v) is 1.29. The van der Waals surface area contributed by atoms with E-state index in [1.807, 2.05) is 0 Å². The second-order valence-corrected chi connectivity index (χ2v) is 3.68. The van der Waals surface area contributed by atoms with E-state index in [4.69, 9.17) is 11.6 Å². The van der Waals surface area contributed by atoms with Gasteiger partial charge in [0.15, 0.2) is 5.78 Å². The van der Waals surface area contributed by atoms with Crippen molar-refractivity contribution in [3.05, 3.63) is 29.8 Å². The molecule has 8 heteroatoms. The van der Waals surface area contributed by atoms with E-state index in [0.29, 0.717) is 0 Å². The van der Waals surface area contributed by atoms with Gasteiger partial charge in [-0.3, -0.25) is 9.59 Å². The van der Waals surface area contributed by atoms with Crippen LogP contribution in [0.2, 0.25) is 0 Å². The molecule has 0 aliphatic carbocycles. The average Bonchev–Trinajstić information content (AvgIpc) is 2.33. The van der Waals surface area contributed by atoms with Crippen LogP contribution < -0.4 is 10.1 Å². The minimum Gasteiger partial charge on any atom is -0.406 e. The molecule has 0 bridgehead atoms. The molecule has 0 spiro atoms. The standard InChI is InChI=1S/C11H9ClF3NO3/c12-5-10(18)16-6-9(17)7-2-1-3-8(4-7)19-11(13,14)15/h1-4H,5-6H2,(H,16,18). The molecule has 4 nitrogen and oxygen atoms in total. The Labute approximate surface area is 111 Å². The van der Waals surface area contributed by atoms with Crippen molar-refractivity contribution < 1.29 is 27.5 Å². The van der Waals surface area contributed by atoms with Gasteiger partial charge in [0.2, 0.25) is 5.91 Å². The first-order valence-electron chi connectivity index (χ1n) is 5.03. The Kier molecular flexibility index (Phi) is 5.17. The number of rotatable bonds is 5. The van der Waals surface area contributed by atoms with E-state index < -0.39 is 23.8 Å². The van der Waals surface area contributed by atoms with Crippen molar-refractivity contribution >= 4 is 23.3 Å². The molecule has 0 fully saturated rings. The van der Waals surface area contributed by atoms with Gasteiger partial charge in [-0.2, -0.15) is 0 Å². The molecule has 0 aromatic heterocycles. The molecule has 0 atom stereocenters. The van der Waals surface area contributed by atoms with Gasteiger partial charge in [-0.25, -0.2) is 0 Å². The fraction of sp³-hybridized carbons (Fsp3) is 0.273. The Morgan fingerprint density at radius 3 is 2.58 bits per heavy atom. The lowest BCUT2D eigenvalue weighted by Crippen LogP contribution is -2.30. The number of Topliss-reactive ketones (excluding diaryl/α,β-unsaturated/α-hetero) is 1. The molecule has 0 heterocycles. The molecule has 0 saturated heterocycles. The van der Waals surface area contributed by atoms with E-state index in [0.717, 1.165) is 12.1 Å². The summed E-state index contributed by atoms with van der Waals surface area (Å²) in [5.74, 6) is -1.89. The largest absolute Gasteiger partial charge is 0.573 e. The Bertz CT molecular complexity index is 476. The SMILES string of the molecule is O=C(CCl)NCC(=O)c1cccc(OC(F)(F)F)c1. The summed E-state index contributed by atoms with van der Waals surface area (Å²) in [5.41, 5.74) is -0.00313. The number of halogens is 4. The average molecular weight is 296 g/mol. The molecule has 1 amide bonds. The lowest BCUT2D eigenvalue weighted by molar-refractivity contribution is -0.274. The first-order valence-corrected chi connectivity index (χ1v) is 5.57. The lowest BCUT2D eigenvalue weighted by atomic mass is 10.1. The molecule has 104 valence electrons. The van der Waals surface area contributed by atoms with Gasteiger partial charge < -0.3 is 10.1 Å². The van der Waals surface area contributed by atoms with Crippen molar-refractivity contribution in [2.75, 3.05) is 12.4 Å².